The molecule has 1 aromatic rings. The lowest BCUT2D eigenvalue weighted by Crippen LogP contribution is -2.31. The average molecular weight is 218 g/mol. The summed E-state index contributed by atoms with van der Waals surface area (Å²) >= 11 is 0. The van der Waals surface area contributed by atoms with Gasteiger partial charge >= 0.3 is 0 Å². The second kappa shape index (κ2) is 4.88. The standard InChI is InChI=1S/C14H22N2/c1-16(2)14-9-5-12(6-10-14)11-3-7-13(15)8-4-11/h3-4,7-8,12,14H,5-6,9-10,15H2,1-2H3. The summed E-state index contributed by atoms with van der Waals surface area (Å²) in [7, 11) is 4.38. The molecule has 0 aromatic heterocycles. The predicted octanol–water partition coefficient (Wildman–Crippen LogP) is 2.86. The van der Waals surface area contributed by atoms with Crippen LogP contribution in [0.25, 0.3) is 0 Å². The van der Waals surface area contributed by atoms with Gasteiger partial charge in [-0.15, -0.1) is 0 Å². The van der Waals surface area contributed by atoms with Gasteiger partial charge in [-0.05, 0) is 63.4 Å². The van der Waals surface area contributed by atoms with Gasteiger partial charge in [-0.2, -0.15) is 0 Å². The SMILES string of the molecule is CN(C)C1CCC(c2ccc(N)cc2)CC1. The molecule has 0 amide bonds. The van der Waals surface area contributed by atoms with E-state index in [4.69, 9.17) is 5.73 Å². The highest BCUT2D eigenvalue weighted by Crippen LogP contribution is 2.34. The summed E-state index contributed by atoms with van der Waals surface area (Å²) in [6.07, 6.45) is 5.27. The highest BCUT2D eigenvalue weighted by atomic mass is 15.1. The van der Waals surface area contributed by atoms with Crippen molar-refractivity contribution in [2.45, 2.75) is 37.6 Å². The Bertz CT molecular complexity index is 321. The first kappa shape index (κ1) is 11.5. The Hall–Kier alpha value is -1.02. The van der Waals surface area contributed by atoms with Gasteiger partial charge in [0.25, 0.3) is 0 Å². The zero-order valence-electron chi connectivity index (χ0n) is 10.3. The Balaban J connectivity index is 1.96. The van der Waals surface area contributed by atoms with Gasteiger partial charge in [0.05, 0.1) is 0 Å². The van der Waals surface area contributed by atoms with Crippen molar-refractivity contribution in [1.29, 1.82) is 0 Å². The van der Waals surface area contributed by atoms with E-state index in [0.29, 0.717) is 0 Å². The van der Waals surface area contributed by atoms with E-state index < -0.39 is 0 Å². The van der Waals surface area contributed by atoms with Crippen LogP contribution in [0.3, 0.4) is 0 Å². The molecule has 0 aliphatic heterocycles. The topological polar surface area (TPSA) is 29.3 Å². The van der Waals surface area contributed by atoms with E-state index in [-0.39, 0.29) is 0 Å². The maximum Gasteiger partial charge on any atom is 0.0314 e. The predicted molar refractivity (Wildman–Crippen MR) is 69.5 cm³/mol. The number of nitrogen functional groups attached to an aromatic ring is 1. The zero-order valence-corrected chi connectivity index (χ0v) is 10.3. The van der Waals surface area contributed by atoms with E-state index in [1.807, 2.05) is 12.1 Å². The van der Waals surface area contributed by atoms with Gasteiger partial charge in [0.2, 0.25) is 0 Å². The van der Waals surface area contributed by atoms with Crippen LogP contribution in [0.5, 0.6) is 0 Å². The molecule has 88 valence electrons. The van der Waals surface area contributed by atoms with Gasteiger partial charge < -0.3 is 10.6 Å². The number of rotatable bonds is 2. The lowest BCUT2D eigenvalue weighted by molar-refractivity contribution is 0.216. The summed E-state index contributed by atoms with van der Waals surface area (Å²) < 4.78 is 0. The Labute approximate surface area is 98.4 Å². The number of nitrogens with zero attached hydrogens (tertiary/aromatic N) is 1. The highest BCUT2D eigenvalue weighted by Gasteiger charge is 2.23. The molecule has 0 heterocycles. The molecule has 0 saturated heterocycles. The third-order valence-electron chi connectivity index (χ3n) is 3.83. The van der Waals surface area contributed by atoms with E-state index >= 15 is 0 Å². The van der Waals surface area contributed by atoms with Crippen molar-refractivity contribution in [2.24, 2.45) is 0 Å². The number of benzene rings is 1. The molecule has 0 radical (unpaired) electrons. The van der Waals surface area contributed by atoms with Crippen molar-refractivity contribution in [1.82, 2.24) is 4.90 Å². The van der Waals surface area contributed by atoms with E-state index in [1.54, 1.807) is 0 Å². The summed E-state index contributed by atoms with van der Waals surface area (Å²) in [6.45, 7) is 0. The van der Waals surface area contributed by atoms with Gasteiger partial charge in [-0.3, -0.25) is 0 Å². The lowest BCUT2D eigenvalue weighted by atomic mass is 9.81. The molecule has 1 aliphatic carbocycles. The van der Waals surface area contributed by atoms with Crippen molar-refractivity contribution in [3.05, 3.63) is 29.8 Å². The molecule has 2 N–H and O–H groups in total. The molecule has 1 aromatic carbocycles. The zero-order chi connectivity index (χ0) is 11.5. The molecule has 0 unspecified atom stereocenters. The Kier molecular flexibility index (Phi) is 3.49. The number of hydrogen-bond acceptors (Lipinski definition) is 2. The van der Waals surface area contributed by atoms with E-state index in [1.165, 1.54) is 31.2 Å². The van der Waals surface area contributed by atoms with Gasteiger partial charge in [0.1, 0.15) is 0 Å². The maximum absolute atomic E-state index is 5.71. The van der Waals surface area contributed by atoms with Crippen molar-refractivity contribution in [2.75, 3.05) is 19.8 Å². The van der Waals surface area contributed by atoms with E-state index in [9.17, 15) is 0 Å². The molecule has 2 nitrogen and oxygen atoms in total. The number of nitrogens with two attached hydrogens (primary N) is 1. The summed E-state index contributed by atoms with van der Waals surface area (Å²) in [6, 6.07) is 9.21. The second-order valence-corrected chi connectivity index (χ2v) is 5.14. The van der Waals surface area contributed by atoms with Crippen molar-refractivity contribution < 1.29 is 0 Å². The fraction of sp³-hybridized carbons (Fsp3) is 0.571. The van der Waals surface area contributed by atoms with Gasteiger partial charge in [0, 0.05) is 11.7 Å². The minimum Gasteiger partial charge on any atom is -0.399 e. The van der Waals surface area contributed by atoms with Crippen LogP contribution in [0.2, 0.25) is 0 Å². The van der Waals surface area contributed by atoms with E-state index in [0.717, 1.165) is 17.6 Å². The molecular formula is C14H22N2. The monoisotopic (exact) mass is 218 g/mol. The molecule has 1 aliphatic rings. The van der Waals surface area contributed by atoms with Crippen LogP contribution in [0.4, 0.5) is 5.69 Å². The van der Waals surface area contributed by atoms with Gasteiger partial charge in [-0.1, -0.05) is 12.1 Å². The Morgan fingerprint density at radius 2 is 1.56 bits per heavy atom. The smallest absolute Gasteiger partial charge is 0.0314 e. The van der Waals surface area contributed by atoms with Crippen LogP contribution in [0.15, 0.2) is 24.3 Å². The van der Waals surface area contributed by atoms with Crippen molar-refractivity contribution in [3.63, 3.8) is 0 Å². The normalized spacial score (nSPS) is 25.9. The summed E-state index contributed by atoms with van der Waals surface area (Å²) in [4.78, 5) is 2.36. The van der Waals surface area contributed by atoms with Crippen LogP contribution in [0.1, 0.15) is 37.2 Å². The summed E-state index contributed by atoms with van der Waals surface area (Å²) in [5.41, 5.74) is 8.04. The molecule has 1 saturated carbocycles. The first-order valence-electron chi connectivity index (χ1n) is 6.18. The Morgan fingerprint density at radius 1 is 1.00 bits per heavy atom. The average Bonchev–Trinajstić information content (AvgIpc) is 2.30. The second-order valence-electron chi connectivity index (χ2n) is 5.14. The molecule has 0 spiro atoms. The van der Waals surface area contributed by atoms with Crippen molar-refractivity contribution in [3.8, 4) is 0 Å². The first-order chi connectivity index (χ1) is 7.66. The van der Waals surface area contributed by atoms with Crippen LogP contribution in [-0.4, -0.2) is 25.0 Å². The molecule has 1 fully saturated rings. The third kappa shape index (κ3) is 2.56. The van der Waals surface area contributed by atoms with Crippen LogP contribution in [0, 0.1) is 0 Å². The summed E-state index contributed by atoms with van der Waals surface area (Å²) in [5.74, 6) is 0.747. The van der Waals surface area contributed by atoms with Gasteiger partial charge in [0.15, 0.2) is 0 Å². The maximum atomic E-state index is 5.71. The first-order valence-corrected chi connectivity index (χ1v) is 6.18. The quantitative estimate of drug-likeness (QED) is 0.773. The molecule has 0 atom stereocenters. The van der Waals surface area contributed by atoms with Crippen LogP contribution >= 0.6 is 0 Å². The van der Waals surface area contributed by atoms with E-state index in [2.05, 4.69) is 31.1 Å². The highest BCUT2D eigenvalue weighted by molar-refractivity contribution is 5.40. The largest absolute Gasteiger partial charge is 0.399 e. The summed E-state index contributed by atoms with van der Waals surface area (Å²) in [5, 5.41) is 0. The molecule has 0 bridgehead atoms. The minimum atomic E-state index is 0.747. The van der Waals surface area contributed by atoms with Crippen LogP contribution < -0.4 is 5.73 Å². The molecule has 16 heavy (non-hydrogen) atoms. The molecular weight excluding hydrogens is 196 g/mol. The number of hydrogen-bond donors (Lipinski definition) is 1. The fourth-order valence-corrected chi connectivity index (χ4v) is 2.69. The minimum absolute atomic E-state index is 0.747. The number of anilines is 1. The molecule has 2 rings (SSSR count). The van der Waals surface area contributed by atoms with Gasteiger partial charge in [-0.25, -0.2) is 0 Å². The third-order valence-corrected chi connectivity index (χ3v) is 3.83. The van der Waals surface area contributed by atoms with Crippen molar-refractivity contribution >= 4 is 5.69 Å². The lowest BCUT2D eigenvalue weighted by Gasteiger charge is -2.32. The fourth-order valence-electron chi connectivity index (χ4n) is 2.69. The van der Waals surface area contributed by atoms with Crippen LogP contribution in [-0.2, 0) is 0 Å². The molecule has 2 heteroatoms. The Morgan fingerprint density at radius 3 is 2.06 bits per heavy atom.